The fourth-order valence-electron chi connectivity index (χ4n) is 2.43. The Balaban J connectivity index is 2.21. The average molecular weight is 319 g/mol. The van der Waals surface area contributed by atoms with Crippen LogP contribution in [0.1, 0.15) is 22.3 Å². The van der Waals surface area contributed by atoms with Crippen LogP contribution in [0.4, 0.5) is 0 Å². The number of aryl methyl sites for hydroxylation is 3. The molecule has 0 fully saturated rings. The molecular weight excluding hydrogens is 300 g/mol. The molecule has 0 aliphatic heterocycles. The molecule has 0 spiro atoms. The molecule has 1 N–H and O–H groups in total. The van der Waals surface area contributed by atoms with Crippen LogP contribution in [0.2, 0.25) is 5.02 Å². The molecule has 2 rings (SSSR count). The third kappa shape index (κ3) is 4.25. The minimum absolute atomic E-state index is 0.297. The molecule has 0 amide bonds. The Morgan fingerprint density at radius 1 is 1.14 bits per heavy atom. The number of carbonyl (C=O) groups is 1. The molecule has 0 heterocycles. The van der Waals surface area contributed by atoms with E-state index < -0.39 is 12.1 Å². The lowest BCUT2D eigenvalue weighted by Crippen LogP contribution is -2.29. The first-order chi connectivity index (χ1) is 10.3. The molecule has 1 unspecified atom stereocenters. The third-order valence-corrected chi connectivity index (χ3v) is 3.69. The molecule has 116 valence electrons. The van der Waals surface area contributed by atoms with Gasteiger partial charge < -0.3 is 9.84 Å². The van der Waals surface area contributed by atoms with Gasteiger partial charge in [0.1, 0.15) is 5.75 Å². The number of rotatable bonds is 5. The lowest BCUT2D eigenvalue weighted by Gasteiger charge is -2.17. The molecule has 0 saturated carbocycles. The predicted molar refractivity (Wildman–Crippen MR) is 87.9 cm³/mol. The second-order valence-electron chi connectivity index (χ2n) is 5.54. The molecule has 2 aromatic rings. The van der Waals surface area contributed by atoms with Crippen molar-refractivity contribution in [2.24, 2.45) is 0 Å². The molecule has 4 heteroatoms. The standard InChI is InChI=1S/C18H19ClO3/c1-11-6-12(2)8-16(7-11)22-17(18(20)21)10-14-4-5-15(19)9-13(14)3/h4-9,17H,10H2,1-3H3,(H,20,21). The van der Waals surface area contributed by atoms with E-state index in [4.69, 9.17) is 16.3 Å². The van der Waals surface area contributed by atoms with Gasteiger partial charge in [-0.15, -0.1) is 0 Å². The lowest BCUT2D eigenvalue weighted by molar-refractivity contribution is -0.145. The van der Waals surface area contributed by atoms with Crippen molar-refractivity contribution in [1.29, 1.82) is 0 Å². The number of hydrogen-bond donors (Lipinski definition) is 1. The number of carboxylic acid groups (broad SMARTS) is 1. The van der Waals surface area contributed by atoms with Gasteiger partial charge >= 0.3 is 5.97 Å². The maximum Gasteiger partial charge on any atom is 0.345 e. The van der Waals surface area contributed by atoms with Gasteiger partial charge in [0.05, 0.1) is 0 Å². The van der Waals surface area contributed by atoms with E-state index in [1.165, 1.54) is 0 Å². The fourth-order valence-corrected chi connectivity index (χ4v) is 2.66. The SMILES string of the molecule is Cc1cc(C)cc(OC(Cc2ccc(Cl)cc2C)C(=O)O)c1. The molecule has 0 aliphatic carbocycles. The number of carboxylic acids is 1. The van der Waals surface area contributed by atoms with Gasteiger partial charge in [-0.25, -0.2) is 4.79 Å². The van der Waals surface area contributed by atoms with Gasteiger partial charge in [-0.3, -0.25) is 0 Å². The third-order valence-electron chi connectivity index (χ3n) is 3.46. The molecule has 2 aromatic carbocycles. The van der Waals surface area contributed by atoms with E-state index in [-0.39, 0.29) is 0 Å². The summed E-state index contributed by atoms with van der Waals surface area (Å²) in [4.78, 5) is 11.5. The number of halogens is 1. The largest absolute Gasteiger partial charge is 0.478 e. The Labute approximate surface area is 135 Å². The maximum absolute atomic E-state index is 11.5. The van der Waals surface area contributed by atoms with E-state index in [9.17, 15) is 9.90 Å². The lowest BCUT2D eigenvalue weighted by atomic mass is 10.0. The Bertz CT molecular complexity index is 674. The smallest absolute Gasteiger partial charge is 0.345 e. The minimum Gasteiger partial charge on any atom is -0.478 e. The summed E-state index contributed by atoms with van der Waals surface area (Å²) < 4.78 is 5.69. The summed E-state index contributed by atoms with van der Waals surface area (Å²) in [5.41, 5.74) is 3.97. The highest BCUT2D eigenvalue weighted by molar-refractivity contribution is 6.30. The molecular formula is C18H19ClO3. The highest BCUT2D eigenvalue weighted by Crippen LogP contribution is 2.21. The zero-order chi connectivity index (χ0) is 16.3. The van der Waals surface area contributed by atoms with Crippen LogP contribution >= 0.6 is 11.6 Å². The van der Waals surface area contributed by atoms with Crippen LogP contribution in [-0.2, 0) is 11.2 Å². The predicted octanol–water partition coefficient (Wildman–Crippen LogP) is 4.34. The van der Waals surface area contributed by atoms with Crippen molar-refractivity contribution in [1.82, 2.24) is 0 Å². The van der Waals surface area contributed by atoms with Crippen LogP contribution in [0.15, 0.2) is 36.4 Å². The van der Waals surface area contributed by atoms with E-state index in [1.54, 1.807) is 6.07 Å². The summed E-state index contributed by atoms with van der Waals surface area (Å²) in [6, 6.07) is 11.1. The number of aliphatic carboxylic acids is 1. The van der Waals surface area contributed by atoms with Gasteiger partial charge in [-0.05, 0) is 67.3 Å². The fraction of sp³-hybridized carbons (Fsp3) is 0.278. The molecule has 0 aliphatic rings. The second kappa shape index (κ2) is 6.84. The van der Waals surface area contributed by atoms with E-state index >= 15 is 0 Å². The van der Waals surface area contributed by atoms with Crippen molar-refractivity contribution >= 4 is 17.6 Å². The van der Waals surface area contributed by atoms with Crippen LogP contribution in [0.3, 0.4) is 0 Å². The summed E-state index contributed by atoms with van der Waals surface area (Å²) in [5.74, 6) is -0.398. The van der Waals surface area contributed by atoms with Crippen molar-refractivity contribution in [3.05, 3.63) is 63.7 Å². The van der Waals surface area contributed by atoms with Crippen LogP contribution in [-0.4, -0.2) is 17.2 Å². The first-order valence-corrected chi connectivity index (χ1v) is 7.46. The number of hydrogen-bond acceptors (Lipinski definition) is 2. The maximum atomic E-state index is 11.5. The highest BCUT2D eigenvalue weighted by atomic mass is 35.5. The van der Waals surface area contributed by atoms with Crippen LogP contribution in [0.5, 0.6) is 5.75 Å². The monoisotopic (exact) mass is 318 g/mol. The Hall–Kier alpha value is -2.00. The van der Waals surface area contributed by atoms with Crippen LogP contribution in [0, 0.1) is 20.8 Å². The molecule has 0 saturated heterocycles. The highest BCUT2D eigenvalue weighted by Gasteiger charge is 2.21. The van der Waals surface area contributed by atoms with E-state index in [0.29, 0.717) is 17.2 Å². The Kier molecular flexibility index (Phi) is 5.09. The normalized spacial score (nSPS) is 12.0. The molecule has 0 bridgehead atoms. The van der Waals surface area contributed by atoms with Gasteiger partial charge in [0.15, 0.2) is 6.10 Å². The Morgan fingerprint density at radius 3 is 2.32 bits per heavy atom. The van der Waals surface area contributed by atoms with E-state index in [2.05, 4.69) is 0 Å². The van der Waals surface area contributed by atoms with Gasteiger partial charge in [0, 0.05) is 11.4 Å². The quantitative estimate of drug-likeness (QED) is 0.892. The molecule has 0 aromatic heterocycles. The first kappa shape index (κ1) is 16.4. The van der Waals surface area contributed by atoms with E-state index in [0.717, 1.165) is 22.3 Å². The van der Waals surface area contributed by atoms with Gasteiger partial charge in [0.25, 0.3) is 0 Å². The summed E-state index contributed by atoms with van der Waals surface area (Å²) in [6.45, 7) is 5.83. The first-order valence-electron chi connectivity index (χ1n) is 7.08. The average Bonchev–Trinajstić information content (AvgIpc) is 2.39. The summed E-state index contributed by atoms with van der Waals surface area (Å²) in [7, 11) is 0. The van der Waals surface area contributed by atoms with Crippen molar-refractivity contribution in [2.45, 2.75) is 33.3 Å². The summed E-state index contributed by atoms with van der Waals surface area (Å²) in [5, 5.41) is 10.1. The van der Waals surface area contributed by atoms with Gasteiger partial charge in [-0.2, -0.15) is 0 Å². The topological polar surface area (TPSA) is 46.5 Å². The van der Waals surface area contributed by atoms with Crippen LogP contribution in [0.25, 0.3) is 0 Å². The van der Waals surface area contributed by atoms with Gasteiger partial charge in [-0.1, -0.05) is 23.7 Å². The zero-order valence-corrected chi connectivity index (χ0v) is 13.6. The number of benzene rings is 2. The zero-order valence-electron chi connectivity index (χ0n) is 12.9. The van der Waals surface area contributed by atoms with Gasteiger partial charge in [0.2, 0.25) is 0 Å². The summed E-state index contributed by atoms with van der Waals surface area (Å²) in [6.07, 6.45) is -0.633. The number of ether oxygens (including phenoxy) is 1. The van der Waals surface area contributed by atoms with E-state index in [1.807, 2.05) is 51.1 Å². The van der Waals surface area contributed by atoms with Crippen molar-refractivity contribution in [3.8, 4) is 5.75 Å². The van der Waals surface area contributed by atoms with Crippen molar-refractivity contribution in [3.63, 3.8) is 0 Å². The van der Waals surface area contributed by atoms with Crippen molar-refractivity contribution < 1.29 is 14.6 Å². The Morgan fingerprint density at radius 2 is 1.77 bits per heavy atom. The summed E-state index contributed by atoms with van der Waals surface area (Å²) >= 11 is 5.93. The minimum atomic E-state index is -0.978. The van der Waals surface area contributed by atoms with Crippen molar-refractivity contribution in [2.75, 3.05) is 0 Å². The molecule has 22 heavy (non-hydrogen) atoms. The second-order valence-corrected chi connectivity index (χ2v) is 5.98. The van der Waals surface area contributed by atoms with Crippen LogP contribution < -0.4 is 4.74 Å². The molecule has 3 nitrogen and oxygen atoms in total. The molecule has 0 radical (unpaired) electrons. The molecule has 1 atom stereocenters.